The first-order valence-corrected chi connectivity index (χ1v) is 8.52. The lowest BCUT2D eigenvalue weighted by Gasteiger charge is -2.15. The van der Waals surface area contributed by atoms with E-state index in [4.69, 9.17) is 4.74 Å². The first-order valence-electron chi connectivity index (χ1n) is 7.73. The number of para-hydroxylation sites is 2. The van der Waals surface area contributed by atoms with Crippen LogP contribution in [-0.2, 0) is 4.79 Å². The van der Waals surface area contributed by atoms with Gasteiger partial charge in [-0.05, 0) is 25.1 Å². The number of ether oxygens (including phenoxy) is 1. The van der Waals surface area contributed by atoms with E-state index in [1.165, 1.54) is 19.2 Å². The predicted molar refractivity (Wildman–Crippen MR) is 104 cm³/mol. The van der Waals surface area contributed by atoms with Crippen molar-refractivity contribution < 1.29 is 19.6 Å². The Morgan fingerprint density at radius 3 is 2.78 bits per heavy atom. The van der Waals surface area contributed by atoms with Gasteiger partial charge in [-0.25, -0.2) is 5.43 Å². The van der Waals surface area contributed by atoms with Crippen molar-refractivity contribution in [2.75, 3.05) is 12.4 Å². The minimum Gasteiger partial charge on any atom is -0.502 e. The molecule has 2 rings (SSSR count). The zero-order valence-electron chi connectivity index (χ0n) is 14.5. The van der Waals surface area contributed by atoms with Crippen molar-refractivity contribution in [2.24, 2.45) is 5.10 Å². The minimum atomic E-state index is -0.713. The number of hydrogen-bond donors (Lipinski definition) is 3. The van der Waals surface area contributed by atoms with E-state index in [1.807, 2.05) is 6.07 Å². The zero-order chi connectivity index (χ0) is 20.0. The van der Waals surface area contributed by atoms with Crippen molar-refractivity contribution in [3.8, 4) is 11.5 Å². The Hall–Kier alpha value is -3.14. The number of anilines is 1. The van der Waals surface area contributed by atoms with Crippen molar-refractivity contribution in [3.05, 3.63) is 56.5 Å². The monoisotopic (exact) mass is 436 g/mol. The van der Waals surface area contributed by atoms with Crippen LogP contribution >= 0.6 is 15.9 Å². The number of amides is 1. The molecule has 0 spiro atoms. The van der Waals surface area contributed by atoms with E-state index in [9.17, 15) is 20.0 Å². The van der Waals surface area contributed by atoms with E-state index in [1.54, 1.807) is 25.1 Å². The summed E-state index contributed by atoms with van der Waals surface area (Å²) in [6, 6.07) is 9.11. The lowest BCUT2D eigenvalue weighted by Crippen LogP contribution is -2.35. The number of hydrazone groups is 1. The van der Waals surface area contributed by atoms with Gasteiger partial charge in [0, 0.05) is 16.1 Å². The largest absolute Gasteiger partial charge is 0.502 e. The molecule has 1 amide bonds. The number of benzene rings is 2. The van der Waals surface area contributed by atoms with Gasteiger partial charge in [-0.15, -0.1) is 0 Å². The maximum Gasteiger partial charge on any atom is 0.312 e. The molecule has 0 aromatic heterocycles. The molecule has 142 valence electrons. The van der Waals surface area contributed by atoms with Crippen LogP contribution in [0.25, 0.3) is 0 Å². The lowest BCUT2D eigenvalue weighted by atomic mass is 10.2. The molecule has 0 saturated heterocycles. The van der Waals surface area contributed by atoms with Crippen molar-refractivity contribution in [2.45, 2.75) is 13.0 Å². The van der Waals surface area contributed by atoms with Crippen LogP contribution in [0.1, 0.15) is 12.5 Å². The Morgan fingerprint density at radius 2 is 2.11 bits per heavy atom. The highest BCUT2D eigenvalue weighted by Crippen LogP contribution is 2.32. The summed E-state index contributed by atoms with van der Waals surface area (Å²) in [6.07, 6.45) is 1.13. The van der Waals surface area contributed by atoms with E-state index in [0.29, 0.717) is 15.9 Å². The summed E-state index contributed by atoms with van der Waals surface area (Å²) in [4.78, 5) is 22.4. The van der Waals surface area contributed by atoms with Gasteiger partial charge in [-0.1, -0.05) is 28.1 Å². The van der Waals surface area contributed by atoms with Crippen molar-refractivity contribution in [3.63, 3.8) is 0 Å². The Kier molecular flexibility index (Phi) is 6.72. The van der Waals surface area contributed by atoms with Gasteiger partial charge in [0.25, 0.3) is 5.91 Å². The molecule has 10 heteroatoms. The number of rotatable bonds is 7. The quantitative estimate of drug-likeness (QED) is 0.347. The number of aromatic hydroxyl groups is 1. The number of methoxy groups -OCH3 is 1. The number of halogens is 1. The second-order valence-electron chi connectivity index (χ2n) is 5.42. The maximum absolute atomic E-state index is 12.2. The minimum absolute atomic E-state index is 0.0849. The second kappa shape index (κ2) is 8.99. The number of nitrogens with one attached hydrogen (secondary N) is 2. The standard InChI is InChI=1S/C17H17BrN4O5/c1-10(20-13-5-3-4-6-15(13)27-2)17(24)21-19-9-11-7-12(18)8-14(16(11)23)22(25)26/h3-10,20,23H,1-2H3,(H,21,24)/b19-9+. The van der Waals surface area contributed by atoms with Gasteiger partial charge >= 0.3 is 5.69 Å². The van der Waals surface area contributed by atoms with Crippen molar-refractivity contribution in [1.82, 2.24) is 5.43 Å². The number of phenols is 1. The van der Waals surface area contributed by atoms with Crippen LogP contribution in [0.4, 0.5) is 11.4 Å². The van der Waals surface area contributed by atoms with Crippen LogP contribution in [-0.4, -0.2) is 35.3 Å². The average molecular weight is 437 g/mol. The summed E-state index contributed by atoms with van der Waals surface area (Å²) in [5.41, 5.74) is 2.58. The molecule has 0 bridgehead atoms. The van der Waals surface area contributed by atoms with Gasteiger partial charge in [0.1, 0.15) is 11.8 Å². The van der Waals surface area contributed by atoms with Crippen molar-refractivity contribution >= 4 is 39.4 Å². The summed E-state index contributed by atoms with van der Waals surface area (Å²) in [5.74, 6) is -0.394. The summed E-state index contributed by atoms with van der Waals surface area (Å²) in [6.45, 7) is 1.64. The second-order valence-corrected chi connectivity index (χ2v) is 6.34. The number of phenolic OH excluding ortho intramolecular Hbond substituents is 1. The fourth-order valence-corrected chi connectivity index (χ4v) is 2.63. The zero-order valence-corrected chi connectivity index (χ0v) is 16.1. The third-order valence-electron chi connectivity index (χ3n) is 3.53. The van der Waals surface area contributed by atoms with E-state index in [-0.39, 0.29) is 5.56 Å². The molecule has 0 aliphatic carbocycles. The predicted octanol–water partition coefficient (Wildman–Crippen LogP) is 3.02. The SMILES string of the molecule is COc1ccccc1NC(C)C(=O)N/N=C/c1cc(Br)cc([N+](=O)[O-])c1O. The lowest BCUT2D eigenvalue weighted by molar-refractivity contribution is -0.385. The van der Waals surface area contributed by atoms with Crippen LogP contribution in [0.15, 0.2) is 46.0 Å². The fourth-order valence-electron chi connectivity index (χ4n) is 2.17. The fraction of sp³-hybridized carbons (Fsp3) is 0.176. The van der Waals surface area contributed by atoms with Crippen LogP contribution in [0, 0.1) is 10.1 Å². The van der Waals surface area contributed by atoms with Crippen LogP contribution < -0.4 is 15.5 Å². The maximum atomic E-state index is 12.2. The van der Waals surface area contributed by atoms with Gasteiger partial charge in [0.15, 0.2) is 0 Å². The number of nitrogens with zero attached hydrogens (tertiary/aromatic N) is 2. The Morgan fingerprint density at radius 1 is 1.41 bits per heavy atom. The molecule has 0 aliphatic rings. The van der Waals surface area contributed by atoms with Gasteiger partial charge < -0.3 is 15.2 Å². The molecule has 2 aromatic rings. The summed E-state index contributed by atoms with van der Waals surface area (Å²) in [5, 5.41) is 27.6. The third-order valence-corrected chi connectivity index (χ3v) is 3.99. The number of nitro benzene ring substituents is 1. The van der Waals surface area contributed by atoms with Crippen LogP contribution in [0.2, 0.25) is 0 Å². The van der Waals surface area contributed by atoms with E-state index in [2.05, 4.69) is 31.8 Å². The summed E-state index contributed by atoms with van der Waals surface area (Å²) < 4.78 is 5.60. The van der Waals surface area contributed by atoms with Gasteiger partial charge in [-0.3, -0.25) is 14.9 Å². The number of nitro groups is 1. The molecule has 1 atom stereocenters. The van der Waals surface area contributed by atoms with Crippen LogP contribution in [0.3, 0.4) is 0 Å². The Bertz CT molecular complexity index is 888. The Labute approximate surface area is 163 Å². The molecule has 27 heavy (non-hydrogen) atoms. The number of carbonyl (C=O) groups is 1. The summed E-state index contributed by atoms with van der Waals surface area (Å²) >= 11 is 3.12. The molecule has 9 nitrogen and oxygen atoms in total. The van der Waals surface area contributed by atoms with E-state index >= 15 is 0 Å². The van der Waals surface area contributed by atoms with Crippen LogP contribution in [0.5, 0.6) is 11.5 Å². The Balaban J connectivity index is 2.06. The molecular weight excluding hydrogens is 420 g/mol. The topological polar surface area (TPSA) is 126 Å². The molecule has 0 fully saturated rings. The molecule has 2 aromatic carbocycles. The highest BCUT2D eigenvalue weighted by molar-refractivity contribution is 9.10. The molecule has 0 saturated carbocycles. The normalized spacial score (nSPS) is 11.8. The average Bonchev–Trinajstić information content (AvgIpc) is 2.64. The molecule has 1 unspecified atom stereocenters. The first kappa shape index (κ1) is 20.2. The van der Waals surface area contributed by atoms with E-state index < -0.39 is 28.3 Å². The molecule has 0 heterocycles. The number of carbonyl (C=O) groups excluding carboxylic acids is 1. The van der Waals surface area contributed by atoms with Gasteiger partial charge in [-0.2, -0.15) is 5.10 Å². The molecule has 0 aliphatic heterocycles. The number of hydrogen-bond acceptors (Lipinski definition) is 7. The molecule has 0 radical (unpaired) electrons. The van der Waals surface area contributed by atoms with E-state index in [0.717, 1.165) is 6.21 Å². The smallest absolute Gasteiger partial charge is 0.312 e. The van der Waals surface area contributed by atoms with Gasteiger partial charge in [0.05, 0.1) is 23.9 Å². The highest BCUT2D eigenvalue weighted by Gasteiger charge is 2.18. The summed E-state index contributed by atoms with van der Waals surface area (Å²) in [7, 11) is 1.53. The molecule has 3 N–H and O–H groups in total. The highest BCUT2D eigenvalue weighted by atomic mass is 79.9. The third kappa shape index (κ3) is 5.17. The van der Waals surface area contributed by atoms with Crippen molar-refractivity contribution in [1.29, 1.82) is 0 Å². The molecular formula is C17H17BrN4O5. The van der Waals surface area contributed by atoms with Gasteiger partial charge in [0.2, 0.25) is 5.75 Å². The first-order chi connectivity index (χ1) is 12.8.